The maximum Gasteiger partial charge on any atom is 0.374 e. The number of carboxylic acid groups (broad SMARTS) is 3. The van der Waals surface area contributed by atoms with E-state index in [2.05, 4.69) is 31.9 Å². The van der Waals surface area contributed by atoms with E-state index >= 15 is 0 Å². The molecule has 0 heterocycles. The zero-order valence-electron chi connectivity index (χ0n) is 30.2. The Morgan fingerprint density at radius 3 is 1.37 bits per heavy atom. The van der Waals surface area contributed by atoms with Crippen LogP contribution >= 0.6 is 0 Å². The van der Waals surface area contributed by atoms with E-state index in [1.807, 2.05) is 0 Å². The number of rotatable bonds is 23. The molecule has 51 heavy (non-hydrogen) atoms. The molecule has 0 saturated heterocycles. The maximum atomic E-state index is 13.5. The molecule has 0 unspecified atom stereocenters. The molecule has 6 amide bonds. The maximum absolute atomic E-state index is 13.5. The van der Waals surface area contributed by atoms with Crippen LogP contribution in [0.1, 0.15) is 87.5 Å². The fraction of sp³-hybridized carbons (Fsp3) is 0.688. The van der Waals surface area contributed by atoms with E-state index in [1.54, 1.807) is 41.5 Å². The van der Waals surface area contributed by atoms with E-state index in [9.17, 15) is 53.1 Å². The normalized spacial score (nSPS) is 14.6. The SMILES string of the molecule is CC[C@H](NC(=O)[C@H](CC(C)C)NC(=O)[C@@H](NC(=O)[C@@H](NC(=O)[C@H](CC(=O)O)NC(=O)[C@H](CCC(=O)O)NC(C)=O)C(C)C)C(C)C)C(=O)C(=O)O. The summed E-state index contributed by atoms with van der Waals surface area (Å²) in [5.41, 5.74) is 0. The third-order valence-corrected chi connectivity index (χ3v) is 7.44. The Labute approximate surface area is 295 Å². The summed E-state index contributed by atoms with van der Waals surface area (Å²) in [4.78, 5) is 124. The standard InChI is InChI=1S/C32H52N6O13/c1-9-18(26(44)32(50)51)34-28(46)20(12-14(2)3)36-30(48)24(15(4)5)38-31(49)25(16(6)7)37-29(47)21(13-23(42)43)35-27(45)19(33-17(8)39)10-11-22(40)41/h14-16,18-21,24-25H,9-13H2,1-8H3,(H,33,39)(H,34,46)(H,35,45)(H,36,48)(H,37,47)(H,38,49)(H,40,41)(H,42,43)(H,50,51)/t18-,19-,20-,21-,24-,25-/m0/s1. The Kier molecular flexibility index (Phi) is 19.7. The predicted octanol–water partition coefficient (Wildman–Crippen LogP) is -1.32. The first-order valence-corrected chi connectivity index (χ1v) is 16.5. The summed E-state index contributed by atoms with van der Waals surface area (Å²) in [5, 5.41) is 41.7. The lowest BCUT2D eigenvalue weighted by Gasteiger charge is -2.30. The van der Waals surface area contributed by atoms with Gasteiger partial charge >= 0.3 is 17.9 Å². The highest BCUT2D eigenvalue weighted by Gasteiger charge is 2.36. The van der Waals surface area contributed by atoms with Gasteiger partial charge in [0.1, 0.15) is 30.2 Å². The number of carboxylic acids is 3. The van der Waals surface area contributed by atoms with Gasteiger partial charge in [-0.2, -0.15) is 0 Å². The van der Waals surface area contributed by atoms with Crippen molar-refractivity contribution in [2.75, 3.05) is 0 Å². The molecule has 0 spiro atoms. The number of nitrogens with one attached hydrogen (secondary N) is 6. The minimum Gasteiger partial charge on any atom is -0.481 e. The van der Waals surface area contributed by atoms with Crippen LogP contribution in [-0.2, 0) is 47.9 Å². The predicted molar refractivity (Wildman–Crippen MR) is 178 cm³/mol. The van der Waals surface area contributed by atoms with E-state index in [1.165, 1.54) is 6.92 Å². The molecule has 6 atom stereocenters. The number of carbonyl (C=O) groups is 10. The summed E-state index contributed by atoms with van der Waals surface area (Å²) in [7, 11) is 0. The van der Waals surface area contributed by atoms with Gasteiger partial charge in [-0.1, -0.05) is 48.5 Å². The third kappa shape index (κ3) is 16.9. The van der Waals surface area contributed by atoms with Crippen molar-refractivity contribution in [3.63, 3.8) is 0 Å². The average molecular weight is 729 g/mol. The Morgan fingerprint density at radius 1 is 0.529 bits per heavy atom. The van der Waals surface area contributed by atoms with Crippen molar-refractivity contribution in [3.05, 3.63) is 0 Å². The Bertz CT molecular complexity index is 1320. The van der Waals surface area contributed by atoms with Gasteiger partial charge in [-0.05, 0) is 37.0 Å². The van der Waals surface area contributed by atoms with Gasteiger partial charge in [-0.3, -0.25) is 43.2 Å². The van der Waals surface area contributed by atoms with Crippen LogP contribution < -0.4 is 31.9 Å². The van der Waals surface area contributed by atoms with Gasteiger partial charge in [-0.25, -0.2) is 4.79 Å². The van der Waals surface area contributed by atoms with Gasteiger partial charge < -0.3 is 47.2 Å². The van der Waals surface area contributed by atoms with Crippen LogP contribution in [0.3, 0.4) is 0 Å². The summed E-state index contributed by atoms with van der Waals surface area (Å²) < 4.78 is 0. The third-order valence-electron chi connectivity index (χ3n) is 7.44. The molecule has 0 fully saturated rings. The van der Waals surface area contributed by atoms with Gasteiger partial charge in [0.2, 0.25) is 35.4 Å². The van der Waals surface area contributed by atoms with E-state index < -0.39 is 120 Å². The summed E-state index contributed by atoms with van der Waals surface area (Å²) >= 11 is 0. The van der Waals surface area contributed by atoms with Crippen LogP contribution in [0.25, 0.3) is 0 Å². The molecule has 0 aromatic rings. The number of Topliss-reactive ketones (excluding diaryl/α,β-unsaturated/α-hetero) is 1. The molecule has 0 bridgehead atoms. The number of amides is 6. The van der Waals surface area contributed by atoms with E-state index in [0.29, 0.717) is 0 Å². The van der Waals surface area contributed by atoms with Crippen LogP contribution in [0, 0.1) is 17.8 Å². The summed E-state index contributed by atoms with van der Waals surface area (Å²) in [6.07, 6.45) is -1.76. The lowest BCUT2D eigenvalue weighted by atomic mass is 9.97. The smallest absolute Gasteiger partial charge is 0.374 e. The molecule has 0 aliphatic rings. The molecule has 0 saturated carbocycles. The highest BCUT2D eigenvalue weighted by Crippen LogP contribution is 2.11. The Hall–Kier alpha value is -5.10. The van der Waals surface area contributed by atoms with E-state index in [4.69, 9.17) is 10.2 Å². The molecule has 0 aromatic carbocycles. The molecule has 0 aliphatic carbocycles. The second-order valence-corrected chi connectivity index (χ2v) is 13.1. The minimum absolute atomic E-state index is 0.0240. The van der Waals surface area contributed by atoms with Crippen molar-refractivity contribution >= 4 is 59.1 Å². The van der Waals surface area contributed by atoms with Crippen molar-refractivity contribution in [2.45, 2.75) is 124 Å². The summed E-state index contributed by atoms with van der Waals surface area (Å²) in [6, 6.07) is -8.38. The summed E-state index contributed by atoms with van der Waals surface area (Å²) in [5.74, 6) is -12.4. The van der Waals surface area contributed by atoms with Crippen LogP contribution in [-0.4, -0.2) is 111 Å². The number of aliphatic carboxylic acids is 3. The topological polar surface area (TPSA) is 304 Å². The molecule has 0 aromatic heterocycles. The van der Waals surface area contributed by atoms with Crippen LogP contribution in [0.4, 0.5) is 0 Å². The number of carbonyl (C=O) groups excluding carboxylic acids is 7. The van der Waals surface area contributed by atoms with Crippen molar-refractivity contribution in [3.8, 4) is 0 Å². The largest absolute Gasteiger partial charge is 0.481 e. The fourth-order valence-electron chi connectivity index (χ4n) is 4.74. The molecule has 288 valence electrons. The zero-order chi connectivity index (χ0) is 39.7. The molecular weight excluding hydrogens is 676 g/mol. The van der Waals surface area contributed by atoms with Gasteiger partial charge in [0, 0.05) is 13.3 Å². The van der Waals surface area contributed by atoms with Crippen molar-refractivity contribution in [2.24, 2.45) is 17.8 Å². The van der Waals surface area contributed by atoms with Crippen molar-refractivity contribution < 1.29 is 63.3 Å². The molecule has 19 heteroatoms. The number of ketones is 1. The van der Waals surface area contributed by atoms with Gasteiger partial charge in [-0.15, -0.1) is 0 Å². The molecule has 0 radical (unpaired) electrons. The van der Waals surface area contributed by atoms with Crippen molar-refractivity contribution in [1.82, 2.24) is 31.9 Å². The fourth-order valence-corrected chi connectivity index (χ4v) is 4.74. The molecule has 19 nitrogen and oxygen atoms in total. The van der Waals surface area contributed by atoms with Gasteiger partial charge in [0.25, 0.3) is 5.78 Å². The van der Waals surface area contributed by atoms with Gasteiger partial charge in [0.05, 0.1) is 12.5 Å². The second kappa shape index (κ2) is 21.9. The van der Waals surface area contributed by atoms with Gasteiger partial charge in [0.15, 0.2) is 0 Å². The van der Waals surface area contributed by atoms with E-state index in [-0.39, 0.29) is 25.2 Å². The second-order valence-electron chi connectivity index (χ2n) is 13.1. The zero-order valence-corrected chi connectivity index (χ0v) is 30.2. The molecule has 9 N–H and O–H groups in total. The first kappa shape index (κ1) is 45.9. The quantitative estimate of drug-likeness (QED) is 0.0552. The lowest BCUT2D eigenvalue weighted by molar-refractivity contribution is -0.150. The highest BCUT2D eigenvalue weighted by molar-refractivity contribution is 6.35. The van der Waals surface area contributed by atoms with Crippen LogP contribution in [0.15, 0.2) is 0 Å². The first-order valence-electron chi connectivity index (χ1n) is 16.5. The van der Waals surface area contributed by atoms with Crippen LogP contribution in [0.5, 0.6) is 0 Å². The first-order chi connectivity index (χ1) is 23.5. The van der Waals surface area contributed by atoms with Crippen LogP contribution in [0.2, 0.25) is 0 Å². The molecule has 0 rings (SSSR count). The monoisotopic (exact) mass is 728 g/mol. The Balaban J connectivity index is 6.11. The number of hydrogen-bond acceptors (Lipinski definition) is 10. The minimum atomic E-state index is -1.76. The highest BCUT2D eigenvalue weighted by atomic mass is 16.4. The number of hydrogen-bond donors (Lipinski definition) is 9. The molecular formula is C32H52N6O13. The van der Waals surface area contributed by atoms with E-state index in [0.717, 1.165) is 6.92 Å². The Morgan fingerprint density at radius 2 is 0.961 bits per heavy atom. The average Bonchev–Trinajstić information content (AvgIpc) is 3.00. The lowest BCUT2D eigenvalue weighted by Crippen LogP contribution is -2.61. The molecule has 0 aliphatic heterocycles. The summed E-state index contributed by atoms with van der Waals surface area (Å²) in [6.45, 7) is 12.4. The van der Waals surface area contributed by atoms with Crippen molar-refractivity contribution in [1.29, 1.82) is 0 Å².